The molecule has 0 radical (unpaired) electrons. The summed E-state index contributed by atoms with van der Waals surface area (Å²) in [6, 6.07) is 17.3. The van der Waals surface area contributed by atoms with Gasteiger partial charge in [0.25, 0.3) is 5.91 Å². The van der Waals surface area contributed by atoms with Gasteiger partial charge in [0.2, 0.25) is 0 Å². The molecule has 4 nitrogen and oxygen atoms in total. The molecule has 4 heteroatoms. The van der Waals surface area contributed by atoms with Gasteiger partial charge >= 0.3 is 0 Å². The van der Waals surface area contributed by atoms with Crippen LogP contribution in [-0.4, -0.2) is 19.6 Å². The number of furan rings is 1. The number of rotatable bonds is 6. The van der Waals surface area contributed by atoms with Crippen molar-refractivity contribution in [1.82, 2.24) is 5.32 Å². The lowest BCUT2D eigenvalue weighted by atomic mass is 10.1. The molecule has 0 aliphatic carbocycles. The summed E-state index contributed by atoms with van der Waals surface area (Å²) in [4.78, 5) is 12.1. The number of hydrogen-bond donors (Lipinski definition) is 1. The molecule has 0 fully saturated rings. The van der Waals surface area contributed by atoms with Crippen molar-refractivity contribution >= 4 is 16.9 Å². The summed E-state index contributed by atoms with van der Waals surface area (Å²) in [6.45, 7) is 0.591. The van der Waals surface area contributed by atoms with Crippen LogP contribution in [0.25, 0.3) is 11.0 Å². The zero-order valence-electron chi connectivity index (χ0n) is 13.0. The molecule has 0 aliphatic heterocycles. The molecule has 118 valence electrons. The Hall–Kier alpha value is -2.75. The van der Waals surface area contributed by atoms with Crippen molar-refractivity contribution in [3.05, 3.63) is 65.9 Å². The van der Waals surface area contributed by atoms with Crippen LogP contribution in [0.3, 0.4) is 0 Å². The SMILES string of the molecule is COc1ccccc1CCCNC(=O)c1cc2ccccc2o1. The maximum atomic E-state index is 12.1. The Bertz CT molecular complexity index is 774. The van der Waals surface area contributed by atoms with Gasteiger partial charge < -0.3 is 14.5 Å². The van der Waals surface area contributed by atoms with E-state index in [2.05, 4.69) is 5.32 Å². The van der Waals surface area contributed by atoms with Gasteiger partial charge in [0.1, 0.15) is 11.3 Å². The van der Waals surface area contributed by atoms with E-state index in [0.29, 0.717) is 12.3 Å². The Morgan fingerprint density at radius 3 is 2.74 bits per heavy atom. The zero-order chi connectivity index (χ0) is 16.1. The molecular weight excluding hydrogens is 290 g/mol. The summed E-state index contributed by atoms with van der Waals surface area (Å²) in [6.07, 6.45) is 1.69. The predicted octanol–water partition coefficient (Wildman–Crippen LogP) is 3.80. The lowest BCUT2D eigenvalue weighted by Crippen LogP contribution is -2.24. The fraction of sp³-hybridized carbons (Fsp3) is 0.211. The monoisotopic (exact) mass is 309 g/mol. The molecule has 0 saturated carbocycles. The van der Waals surface area contributed by atoms with E-state index in [1.165, 1.54) is 0 Å². The molecule has 0 saturated heterocycles. The van der Waals surface area contributed by atoms with E-state index in [1.54, 1.807) is 13.2 Å². The number of carbonyl (C=O) groups excluding carboxylic acids is 1. The number of methoxy groups -OCH3 is 1. The van der Waals surface area contributed by atoms with Gasteiger partial charge in [-0.3, -0.25) is 4.79 Å². The lowest BCUT2D eigenvalue weighted by molar-refractivity contribution is 0.0927. The van der Waals surface area contributed by atoms with Gasteiger partial charge in [-0.2, -0.15) is 0 Å². The van der Waals surface area contributed by atoms with Crippen molar-refractivity contribution < 1.29 is 13.9 Å². The summed E-state index contributed by atoms with van der Waals surface area (Å²) in [7, 11) is 1.67. The van der Waals surface area contributed by atoms with Gasteiger partial charge in [-0.15, -0.1) is 0 Å². The number of nitrogens with one attached hydrogen (secondary N) is 1. The first kappa shape index (κ1) is 15.2. The minimum absolute atomic E-state index is 0.179. The van der Waals surface area contributed by atoms with Crippen molar-refractivity contribution in [2.24, 2.45) is 0 Å². The fourth-order valence-electron chi connectivity index (χ4n) is 2.57. The van der Waals surface area contributed by atoms with Crippen LogP contribution >= 0.6 is 0 Å². The quantitative estimate of drug-likeness (QED) is 0.705. The number of para-hydroxylation sites is 2. The van der Waals surface area contributed by atoms with Crippen molar-refractivity contribution in [1.29, 1.82) is 0 Å². The Morgan fingerprint density at radius 2 is 1.91 bits per heavy atom. The molecule has 0 atom stereocenters. The number of hydrogen-bond acceptors (Lipinski definition) is 3. The third-order valence-electron chi connectivity index (χ3n) is 3.75. The summed E-state index contributed by atoms with van der Waals surface area (Å²) < 4.78 is 10.9. The third kappa shape index (κ3) is 3.54. The van der Waals surface area contributed by atoms with Gasteiger partial charge in [-0.1, -0.05) is 36.4 Å². The maximum absolute atomic E-state index is 12.1. The second-order valence-corrected chi connectivity index (χ2v) is 5.32. The Labute approximate surface area is 135 Å². The molecule has 1 aromatic heterocycles. The topological polar surface area (TPSA) is 51.5 Å². The average molecular weight is 309 g/mol. The molecule has 1 amide bonds. The van der Waals surface area contributed by atoms with Gasteiger partial charge in [0, 0.05) is 11.9 Å². The van der Waals surface area contributed by atoms with Gasteiger partial charge in [0.15, 0.2) is 5.76 Å². The zero-order valence-corrected chi connectivity index (χ0v) is 13.0. The summed E-state index contributed by atoms with van der Waals surface area (Å²) in [5, 5.41) is 3.83. The smallest absolute Gasteiger partial charge is 0.287 e. The van der Waals surface area contributed by atoms with Gasteiger partial charge in [-0.05, 0) is 36.6 Å². The molecule has 0 aliphatic rings. The molecular formula is C19H19NO3. The number of aryl methyl sites for hydroxylation is 1. The van der Waals surface area contributed by atoms with Gasteiger partial charge in [0.05, 0.1) is 7.11 Å². The van der Waals surface area contributed by atoms with Crippen molar-refractivity contribution in [2.75, 3.05) is 13.7 Å². The molecule has 0 spiro atoms. The summed E-state index contributed by atoms with van der Waals surface area (Å²) in [5.41, 5.74) is 1.87. The standard InChI is InChI=1S/C19H19NO3/c1-22-16-10-4-2-7-14(16)9-6-12-20-19(21)18-13-15-8-3-5-11-17(15)23-18/h2-5,7-8,10-11,13H,6,9,12H2,1H3,(H,20,21). The average Bonchev–Trinajstić information content (AvgIpc) is 3.03. The highest BCUT2D eigenvalue weighted by Crippen LogP contribution is 2.19. The number of ether oxygens (including phenoxy) is 1. The molecule has 3 aromatic rings. The normalized spacial score (nSPS) is 10.7. The van der Waals surface area contributed by atoms with Crippen LogP contribution in [-0.2, 0) is 6.42 Å². The molecule has 23 heavy (non-hydrogen) atoms. The van der Waals surface area contributed by atoms with Crippen molar-refractivity contribution in [3.63, 3.8) is 0 Å². The number of carbonyl (C=O) groups is 1. The second kappa shape index (κ2) is 7.01. The molecule has 0 unspecified atom stereocenters. The van der Waals surface area contributed by atoms with E-state index in [4.69, 9.17) is 9.15 Å². The molecule has 2 aromatic carbocycles. The van der Waals surface area contributed by atoms with Crippen LogP contribution in [0.1, 0.15) is 22.5 Å². The Balaban J connectivity index is 1.53. The van der Waals surface area contributed by atoms with Crippen LogP contribution in [0.15, 0.2) is 59.0 Å². The van der Waals surface area contributed by atoms with Crippen LogP contribution in [0.5, 0.6) is 5.75 Å². The van der Waals surface area contributed by atoms with Crippen LogP contribution < -0.4 is 10.1 Å². The van der Waals surface area contributed by atoms with Crippen molar-refractivity contribution in [3.8, 4) is 5.75 Å². The Morgan fingerprint density at radius 1 is 1.13 bits per heavy atom. The first-order chi connectivity index (χ1) is 11.3. The molecule has 3 rings (SSSR count). The van der Waals surface area contributed by atoms with Crippen LogP contribution in [0, 0.1) is 0 Å². The lowest BCUT2D eigenvalue weighted by Gasteiger charge is -2.08. The van der Waals surface area contributed by atoms with E-state index in [1.807, 2.05) is 48.5 Å². The van der Waals surface area contributed by atoms with E-state index in [0.717, 1.165) is 35.1 Å². The first-order valence-electron chi connectivity index (χ1n) is 7.66. The largest absolute Gasteiger partial charge is 0.496 e. The minimum Gasteiger partial charge on any atom is -0.496 e. The van der Waals surface area contributed by atoms with Crippen LogP contribution in [0.2, 0.25) is 0 Å². The predicted molar refractivity (Wildman–Crippen MR) is 89.9 cm³/mol. The highest BCUT2D eigenvalue weighted by atomic mass is 16.5. The van der Waals surface area contributed by atoms with Crippen molar-refractivity contribution in [2.45, 2.75) is 12.8 Å². The number of fused-ring (bicyclic) bond motifs is 1. The van der Waals surface area contributed by atoms with E-state index >= 15 is 0 Å². The number of benzene rings is 2. The third-order valence-corrected chi connectivity index (χ3v) is 3.75. The van der Waals surface area contributed by atoms with E-state index in [-0.39, 0.29) is 5.91 Å². The van der Waals surface area contributed by atoms with Crippen LogP contribution in [0.4, 0.5) is 0 Å². The molecule has 1 N–H and O–H groups in total. The number of amides is 1. The maximum Gasteiger partial charge on any atom is 0.287 e. The summed E-state index contributed by atoms with van der Waals surface area (Å²) >= 11 is 0. The highest BCUT2D eigenvalue weighted by Gasteiger charge is 2.11. The summed E-state index contributed by atoms with van der Waals surface area (Å²) in [5.74, 6) is 1.06. The fourth-order valence-corrected chi connectivity index (χ4v) is 2.57. The second-order valence-electron chi connectivity index (χ2n) is 5.32. The molecule has 0 bridgehead atoms. The minimum atomic E-state index is -0.179. The van der Waals surface area contributed by atoms with Gasteiger partial charge in [-0.25, -0.2) is 0 Å². The Kier molecular flexibility index (Phi) is 4.62. The van der Waals surface area contributed by atoms with E-state index in [9.17, 15) is 4.79 Å². The highest BCUT2D eigenvalue weighted by molar-refractivity contribution is 5.96. The first-order valence-corrected chi connectivity index (χ1v) is 7.66. The van der Waals surface area contributed by atoms with E-state index < -0.39 is 0 Å². The molecule has 1 heterocycles.